The molecule has 11 aromatic rings. The molecule has 0 bridgehead atoms. The van der Waals surface area contributed by atoms with Crippen LogP contribution in [0.5, 0.6) is 0 Å². The Morgan fingerprint density at radius 1 is 0.481 bits per heavy atom. The highest BCUT2D eigenvalue weighted by atomic mass is 16.3. The number of benzene rings is 10. The fraction of sp³-hybridized carbons (Fsp3) is 0.189. The lowest BCUT2D eigenvalue weighted by Gasteiger charge is -2.46. The monoisotopic (exact) mass is 1020 g/mol. The molecule has 385 valence electrons. The molecular weight excluding hydrogens is 958 g/mol. The van der Waals surface area contributed by atoms with E-state index < -0.39 is 0 Å². The van der Waals surface area contributed by atoms with Crippen LogP contribution in [-0.2, 0) is 16.2 Å². The van der Waals surface area contributed by atoms with E-state index in [0.29, 0.717) is 0 Å². The molecule has 1 aliphatic carbocycles. The third-order valence-corrected chi connectivity index (χ3v) is 18.1. The molecule has 0 unspecified atom stereocenters. The summed E-state index contributed by atoms with van der Waals surface area (Å²) in [6, 6.07) is 74.3. The molecule has 3 heterocycles. The lowest BCUT2D eigenvalue weighted by atomic mass is 9.56. The van der Waals surface area contributed by atoms with Gasteiger partial charge in [-0.2, -0.15) is 0 Å². The van der Waals surface area contributed by atoms with Crippen LogP contribution in [0.4, 0.5) is 45.5 Å². The molecule has 1 radical (unpaired) electrons. The first-order valence-corrected chi connectivity index (χ1v) is 28.2. The number of nitrogens with zero attached hydrogens (tertiary/aromatic N) is 2. The average molecular weight is 1020 g/mol. The van der Waals surface area contributed by atoms with Crippen LogP contribution in [0.3, 0.4) is 0 Å². The number of nitrogens with one attached hydrogen (secondary N) is 1. The zero-order chi connectivity index (χ0) is 54.1. The van der Waals surface area contributed by atoms with Gasteiger partial charge in [-0.3, -0.25) is 0 Å². The molecule has 0 spiro atoms. The number of para-hydroxylation sites is 3. The van der Waals surface area contributed by atoms with Crippen molar-refractivity contribution < 1.29 is 4.42 Å². The van der Waals surface area contributed by atoms with Gasteiger partial charge in [-0.05, 0) is 183 Å². The van der Waals surface area contributed by atoms with Crippen LogP contribution in [0.15, 0.2) is 205 Å². The van der Waals surface area contributed by atoms with Gasteiger partial charge in [-0.1, -0.05) is 180 Å². The summed E-state index contributed by atoms with van der Waals surface area (Å²) in [5.41, 5.74) is 29.1. The highest BCUT2D eigenvalue weighted by Gasteiger charge is 2.42. The standard InChI is InChI=1S/C74H65BN3O/c1-45-41-58-59(73(6,7)38-37-72(58,4)5)44-61(45)76-70-53(33-36-67-68(70)54-25-16-19-30-66(54)79-67)55-42-52(43-65-69(55)75-60-28-20-27-57-71(60)78(65)64-29-18-17-26-56(64)74(57,8)9)77(62-34-31-50(39-46(62)2)48-21-12-10-13-22-48)63-35-32-51(40-47(63)3)49-23-14-11-15-24-49/h10-36,39-44,76H,37-38H2,1-9H3. The predicted molar refractivity (Wildman–Crippen MR) is 336 cm³/mol. The lowest BCUT2D eigenvalue weighted by molar-refractivity contribution is 0.332. The average Bonchev–Trinajstić information content (AvgIpc) is 3.68. The Labute approximate surface area is 466 Å². The number of hydrogen-bond acceptors (Lipinski definition) is 4. The minimum atomic E-state index is -0.230. The summed E-state index contributed by atoms with van der Waals surface area (Å²) in [7, 11) is 2.47. The molecule has 0 amide bonds. The summed E-state index contributed by atoms with van der Waals surface area (Å²) in [6.45, 7) is 21.3. The SMILES string of the molecule is Cc1cc2c(cc1Nc1c(-c3cc(N(c4ccc(-c5ccccc5)cc4C)c4ccc(-c5ccccc5)cc4C)cc4c3[B]c3cccc5c3N4c3ccccc3C5(C)C)ccc3oc4ccccc4c13)C(C)(C)CCC2(C)C. The van der Waals surface area contributed by atoms with Gasteiger partial charge >= 0.3 is 0 Å². The number of rotatable bonds is 8. The second-order valence-corrected chi connectivity index (χ2v) is 24.4. The fourth-order valence-electron chi connectivity index (χ4n) is 13.6. The van der Waals surface area contributed by atoms with Gasteiger partial charge in [-0.25, -0.2) is 0 Å². The largest absolute Gasteiger partial charge is 0.456 e. The Kier molecular flexibility index (Phi) is 11.1. The van der Waals surface area contributed by atoms with Gasteiger partial charge in [-0.15, -0.1) is 0 Å². The molecule has 2 aliphatic heterocycles. The van der Waals surface area contributed by atoms with E-state index in [4.69, 9.17) is 4.42 Å². The summed E-state index contributed by atoms with van der Waals surface area (Å²) in [5, 5.41) is 6.40. The maximum atomic E-state index is 6.80. The molecule has 5 heteroatoms. The van der Waals surface area contributed by atoms with E-state index in [9.17, 15) is 0 Å². The molecule has 0 saturated carbocycles. The third-order valence-electron chi connectivity index (χ3n) is 18.1. The highest BCUT2D eigenvalue weighted by Crippen LogP contribution is 2.55. The predicted octanol–water partition coefficient (Wildman–Crippen LogP) is 19.2. The molecule has 1 N–H and O–H groups in total. The van der Waals surface area contributed by atoms with E-state index in [1.54, 1.807) is 0 Å². The van der Waals surface area contributed by atoms with Gasteiger partial charge in [0, 0.05) is 50.5 Å². The normalized spacial score (nSPS) is 15.2. The van der Waals surface area contributed by atoms with E-state index in [0.717, 1.165) is 85.5 Å². The van der Waals surface area contributed by atoms with E-state index in [1.807, 2.05) is 0 Å². The van der Waals surface area contributed by atoms with Gasteiger partial charge in [0.05, 0.1) is 16.8 Å². The van der Waals surface area contributed by atoms with Crippen molar-refractivity contribution >= 4 is 85.6 Å². The van der Waals surface area contributed by atoms with Crippen molar-refractivity contribution in [1.82, 2.24) is 0 Å². The van der Waals surface area contributed by atoms with Crippen LogP contribution >= 0.6 is 0 Å². The van der Waals surface area contributed by atoms with Crippen LogP contribution < -0.4 is 26.0 Å². The van der Waals surface area contributed by atoms with Crippen molar-refractivity contribution in [3.8, 4) is 33.4 Å². The van der Waals surface area contributed by atoms with Crippen LogP contribution in [0, 0.1) is 20.8 Å². The number of aryl methyl sites for hydroxylation is 3. The number of hydrogen-bond donors (Lipinski definition) is 1. The minimum absolute atomic E-state index is 0.0262. The Morgan fingerprint density at radius 3 is 1.76 bits per heavy atom. The summed E-state index contributed by atoms with van der Waals surface area (Å²) in [6.07, 6.45) is 2.30. The van der Waals surface area contributed by atoms with Crippen LogP contribution in [0.25, 0.3) is 55.3 Å². The maximum Gasteiger partial charge on any atom is 0.197 e. The molecule has 4 nitrogen and oxygen atoms in total. The Bertz CT molecular complexity index is 4190. The van der Waals surface area contributed by atoms with Gasteiger partial charge < -0.3 is 19.5 Å². The summed E-state index contributed by atoms with van der Waals surface area (Å²) >= 11 is 0. The number of anilines is 8. The zero-order valence-electron chi connectivity index (χ0n) is 46.8. The third kappa shape index (κ3) is 7.79. The quantitative estimate of drug-likeness (QED) is 0.154. The summed E-state index contributed by atoms with van der Waals surface area (Å²) in [4.78, 5) is 5.11. The molecule has 14 rings (SSSR count). The van der Waals surface area contributed by atoms with Crippen molar-refractivity contribution in [1.29, 1.82) is 0 Å². The summed E-state index contributed by atoms with van der Waals surface area (Å²) < 4.78 is 6.80. The van der Waals surface area contributed by atoms with Crippen molar-refractivity contribution in [3.05, 3.63) is 239 Å². The minimum Gasteiger partial charge on any atom is -0.456 e. The Hall–Kier alpha value is -8.54. The molecule has 79 heavy (non-hydrogen) atoms. The Morgan fingerprint density at radius 2 is 1.09 bits per heavy atom. The fourth-order valence-corrected chi connectivity index (χ4v) is 13.6. The maximum absolute atomic E-state index is 6.80. The van der Waals surface area contributed by atoms with Gasteiger partial charge in [0.1, 0.15) is 11.2 Å². The molecule has 0 saturated heterocycles. The van der Waals surface area contributed by atoms with Crippen LogP contribution in [0.2, 0.25) is 0 Å². The van der Waals surface area contributed by atoms with E-state index in [1.165, 1.54) is 78.0 Å². The second kappa shape index (κ2) is 18.0. The highest BCUT2D eigenvalue weighted by molar-refractivity contribution is 6.73. The van der Waals surface area contributed by atoms with Gasteiger partial charge in [0.25, 0.3) is 0 Å². The smallest absolute Gasteiger partial charge is 0.197 e. The molecule has 0 fully saturated rings. The Balaban J connectivity index is 1.08. The molecule has 1 aromatic heterocycles. The number of fused-ring (bicyclic) bond motifs is 8. The summed E-state index contributed by atoms with van der Waals surface area (Å²) in [5.74, 6) is 0. The van der Waals surface area contributed by atoms with Crippen molar-refractivity contribution in [2.45, 2.75) is 91.4 Å². The van der Waals surface area contributed by atoms with Crippen LogP contribution in [0.1, 0.15) is 93.3 Å². The zero-order valence-corrected chi connectivity index (χ0v) is 46.8. The van der Waals surface area contributed by atoms with E-state index in [-0.39, 0.29) is 16.2 Å². The van der Waals surface area contributed by atoms with Gasteiger partial charge in [0.15, 0.2) is 7.28 Å². The van der Waals surface area contributed by atoms with Crippen molar-refractivity contribution in [2.75, 3.05) is 15.1 Å². The van der Waals surface area contributed by atoms with Gasteiger partial charge in [0.2, 0.25) is 0 Å². The van der Waals surface area contributed by atoms with Crippen LogP contribution in [-0.4, -0.2) is 7.28 Å². The topological polar surface area (TPSA) is 31.6 Å². The first-order chi connectivity index (χ1) is 38.1. The molecular formula is C74H65BN3O. The van der Waals surface area contributed by atoms with E-state index >= 15 is 0 Å². The van der Waals surface area contributed by atoms with Crippen molar-refractivity contribution in [2.24, 2.45) is 0 Å². The molecule has 0 atom stereocenters. The number of furan rings is 1. The van der Waals surface area contributed by atoms with Crippen molar-refractivity contribution in [3.63, 3.8) is 0 Å². The second-order valence-electron chi connectivity index (χ2n) is 24.4. The molecule has 3 aliphatic rings. The van der Waals surface area contributed by atoms with E-state index in [2.05, 4.69) is 285 Å². The molecule has 10 aromatic carbocycles. The lowest BCUT2D eigenvalue weighted by Crippen LogP contribution is -2.45. The first kappa shape index (κ1) is 48.8. The first-order valence-electron chi connectivity index (χ1n) is 28.2.